The number of para-hydroxylation sites is 1. The minimum atomic E-state index is -0.0402. The predicted octanol–water partition coefficient (Wildman–Crippen LogP) is 4.52. The molecule has 2 unspecified atom stereocenters. The number of aromatic nitrogens is 1. The predicted molar refractivity (Wildman–Crippen MR) is 134 cm³/mol. The van der Waals surface area contributed by atoms with Crippen molar-refractivity contribution in [1.82, 2.24) is 9.88 Å². The molecule has 1 aromatic heterocycles. The Morgan fingerprint density at radius 2 is 1.76 bits per heavy atom. The van der Waals surface area contributed by atoms with Crippen molar-refractivity contribution in [2.24, 2.45) is 5.92 Å². The molecule has 0 radical (unpaired) electrons. The van der Waals surface area contributed by atoms with Gasteiger partial charge in [0.2, 0.25) is 0 Å². The number of carbonyl (C=O) groups excluding carboxylic acids is 1. The first-order chi connectivity index (χ1) is 16.3. The van der Waals surface area contributed by atoms with E-state index < -0.39 is 0 Å². The third kappa shape index (κ3) is 4.22. The Kier molecular flexibility index (Phi) is 5.50. The average molecular weight is 441 g/mol. The van der Waals surface area contributed by atoms with Crippen LogP contribution >= 0.6 is 0 Å². The van der Waals surface area contributed by atoms with Crippen LogP contribution in [0, 0.1) is 5.92 Å². The molecule has 2 atom stereocenters. The van der Waals surface area contributed by atoms with Crippen molar-refractivity contribution in [2.45, 2.75) is 44.2 Å². The lowest BCUT2D eigenvalue weighted by Gasteiger charge is -2.43. The molecule has 3 aliphatic rings. The Bertz CT molecular complexity index is 1140. The Morgan fingerprint density at radius 1 is 0.970 bits per heavy atom. The number of aryl methyl sites for hydroxylation is 1. The van der Waals surface area contributed by atoms with Crippen molar-refractivity contribution in [3.05, 3.63) is 66.4 Å². The zero-order valence-corrected chi connectivity index (χ0v) is 19.1. The van der Waals surface area contributed by atoms with Crippen molar-refractivity contribution in [2.75, 3.05) is 36.4 Å². The molecule has 170 valence electrons. The van der Waals surface area contributed by atoms with Crippen LogP contribution in [0.3, 0.4) is 0 Å². The molecule has 33 heavy (non-hydrogen) atoms. The van der Waals surface area contributed by atoms with Gasteiger partial charge in [0.05, 0.1) is 6.04 Å². The third-order valence-corrected chi connectivity index (χ3v) is 7.64. The highest BCUT2D eigenvalue weighted by atomic mass is 16.1. The maximum atomic E-state index is 13.5. The largest absolute Gasteiger partial charge is 0.380 e. The molecule has 1 saturated heterocycles. The standard InChI is InChI=1S/C28H32N4O/c33-26(19-20-9-10-20)27(25-12-11-22-6-2-4-8-24(22)30-25)31-15-17-32(18-16-31)28-23-7-3-1-5-21(23)13-14-29-28/h1-8,13-14,20,25,27,30H,9-12,15-19H2. The summed E-state index contributed by atoms with van der Waals surface area (Å²) in [5.74, 6) is 2.13. The maximum Gasteiger partial charge on any atom is 0.152 e. The molecule has 0 spiro atoms. The van der Waals surface area contributed by atoms with Gasteiger partial charge in [0, 0.05) is 55.9 Å². The number of anilines is 2. The van der Waals surface area contributed by atoms with E-state index in [0.717, 1.165) is 51.3 Å². The van der Waals surface area contributed by atoms with Crippen LogP contribution in [0.2, 0.25) is 0 Å². The van der Waals surface area contributed by atoms with Crippen molar-refractivity contribution in [1.29, 1.82) is 0 Å². The van der Waals surface area contributed by atoms with Crippen LogP contribution in [0.15, 0.2) is 60.8 Å². The molecule has 6 rings (SSSR count). The summed E-state index contributed by atoms with van der Waals surface area (Å²) >= 11 is 0. The van der Waals surface area contributed by atoms with E-state index in [9.17, 15) is 4.79 Å². The molecule has 5 heteroatoms. The normalized spacial score (nSPS) is 21.9. The fraction of sp³-hybridized carbons (Fsp3) is 0.429. The summed E-state index contributed by atoms with van der Waals surface area (Å²) in [6.07, 6.45) is 7.16. The Balaban J connectivity index is 1.21. The Labute approximate surface area is 195 Å². The van der Waals surface area contributed by atoms with Gasteiger partial charge >= 0.3 is 0 Å². The van der Waals surface area contributed by atoms with Gasteiger partial charge in [-0.1, -0.05) is 42.5 Å². The SMILES string of the molecule is O=C(CC1CC1)C(C1CCc2ccccc2N1)N1CCN(c2nccc3ccccc23)CC1. The van der Waals surface area contributed by atoms with Crippen LogP contribution in [-0.2, 0) is 11.2 Å². The van der Waals surface area contributed by atoms with Crippen LogP contribution < -0.4 is 10.2 Å². The van der Waals surface area contributed by atoms with E-state index in [1.807, 2.05) is 6.20 Å². The van der Waals surface area contributed by atoms with Crippen LogP contribution in [0.25, 0.3) is 10.8 Å². The number of fused-ring (bicyclic) bond motifs is 2. The van der Waals surface area contributed by atoms with Gasteiger partial charge in [-0.25, -0.2) is 4.98 Å². The van der Waals surface area contributed by atoms with E-state index in [2.05, 4.69) is 69.7 Å². The van der Waals surface area contributed by atoms with Gasteiger partial charge in [-0.3, -0.25) is 9.69 Å². The van der Waals surface area contributed by atoms with E-state index in [1.165, 1.54) is 34.9 Å². The molecule has 1 N–H and O–H groups in total. The minimum Gasteiger partial charge on any atom is -0.380 e. The summed E-state index contributed by atoms with van der Waals surface area (Å²) < 4.78 is 0. The monoisotopic (exact) mass is 440 g/mol. The lowest BCUT2D eigenvalue weighted by molar-refractivity contribution is -0.125. The molecule has 2 fully saturated rings. The number of Topliss-reactive ketones (excluding diaryl/α,β-unsaturated/α-hetero) is 1. The summed E-state index contributed by atoms with van der Waals surface area (Å²) in [7, 11) is 0. The highest BCUT2D eigenvalue weighted by Gasteiger charge is 2.39. The van der Waals surface area contributed by atoms with E-state index in [1.54, 1.807) is 0 Å². The van der Waals surface area contributed by atoms with Crippen molar-refractivity contribution >= 4 is 28.1 Å². The van der Waals surface area contributed by atoms with Gasteiger partial charge in [0.1, 0.15) is 5.82 Å². The fourth-order valence-electron chi connectivity index (χ4n) is 5.68. The summed E-state index contributed by atoms with van der Waals surface area (Å²) in [4.78, 5) is 23.1. The number of hydrogen-bond donors (Lipinski definition) is 1. The third-order valence-electron chi connectivity index (χ3n) is 7.64. The zero-order valence-electron chi connectivity index (χ0n) is 19.1. The number of rotatable bonds is 6. The van der Waals surface area contributed by atoms with Crippen molar-refractivity contribution in [3.8, 4) is 0 Å². The number of benzene rings is 2. The Hall–Kier alpha value is -2.92. The molecule has 3 heterocycles. The second-order valence-electron chi connectivity index (χ2n) is 9.88. The molecule has 0 amide bonds. The zero-order chi connectivity index (χ0) is 22.2. The lowest BCUT2D eigenvalue weighted by Crippen LogP contribution is -2.59. The van der Waals surface area contributed by atoms with Gasteiger partial charge in [-0.15, -0.1) is 0 Å². The molecule has 0 bridgehead atoms. The maximum absolute atomic E-state index is 13.5. The Morgan fingerprint density at radius 3 is 2.61 bits per heavy atom. The molecule has 1 aliphatic carbocycles. The first-order valence-corrected chi connectivity index (χ1v) is 12.5. The number of piperazine rings is 1. The lowest BCUT2D eigenvalue weighted by atomic mass is 9.89. The summed E-state index contributed by atoms with van der Waals surface area (Å²) in [5.41, 5.74) is 2.57. The average Bonchev–Trinajstić information content (AvgIpc) is 3.68. The van der Waals surface area contributed by atoms with Crippen LogP contribution in [0.4, 0.5) is 11.5 Å². The van der Waals surface area contributed by atoms with Crippen LogP contribution in [-0.4, -0.2) is 53.9 Å². The van der Waals surface area contributed by atoms with Crippen molar-refractivity contribution < 1.29 is 4.79 Å². The van der Waals surface area contributed by atoms with E-state index >= 15 is 0 Å². The first kappa shape index (κ1) is 20.7. The van der Waals surface area contributed by atoms with E-state index in [4.69, 9.17) is 4.98 Å². The van der Waals surface area contributed by atoms with Gasteiger partial charge in [-0.05, 0) is 54.7 Å². The molecular formula is C28H32N4O. The first-order valence-electron chi connectivity index (χ1n) is 12.5. The smallest absolute Gasteiger partial charge is 0.152 e. The summed E-state index contributed by atoms with van der Waals surface area (Å²) in [6, 6.07) is 19.3. The number of hydrogen-bond acceptors (Lipinski definition) is 5. The molecule has 3 aromatic rings. The topological polar surface area (TPSA) is 48.5 Å². The second kappa shape index (κ2) is 8.79. The van der Waals surface area contributed by atoms with Gasteiger partial charge in [0.15, 0.2) is 5.78 Å². The fourth-order valence-corrected chi connectivity index (χ4v) is 5.68. The van der Waals surface area contributed by atoms with Gasteiger partial charge in [0.25, 0.3) is 0 Å². The highest BCUT2D eigenvalue weighted by molar-refractivity contribution is 5.92. The minimum absolute atomic E-state index is 0.0402. The molecule has 5 nitrogen and oxygen atoms in total. The molecule has 2 aliphatic heterocycles. The van der Waals surface area contributed by atoms with Crippen LogP contribution in [0.1, 0.15) is 31.2 Å². The molecule has 1 saturated carbocycles. The number of carbonyl (C=O) groups is 1. The second-order valence-corrected chi connectivity index (χ2v) is 9.88. The quantitative estimate of drug-likeness (QED) is 0.611. The molecule has 2 aromatic carbocycles. The van der Waals surface area contributed by atoms with E-state index in [-0.39, 0.29) is 12.1 Å². The van der Waals surface area contributed by atoms with Gasteiger partial charge in [-0.2, -0.15) is 0 Å². The number of pyridine rings is 1. The number of nitrogens with one attached hydrogen (secondary N) is 1. The summed E-state index contributed by atoms with van der Waals surface area (Å²) in [6.45, 7) is 3.59. The van der Waals surface area contributed by atoms with Gasteiger partial charge < -0.3 is 10.2 Å². The number of ketones is 1. The van der Waals surface area contributed by atoms with Crippen LogP contribution in [0.5, 0.6) is 0 Å². The van der Waals surface area contributed by atoms with Crippen molar-refractivity contribution in [3.63, 3.8) is 0 Å². The number of nitrogens with zero attached hydrogens (tertiary/aromatic N) is 3. The highest BCUT2D eigenvalue weighted by Crippen LogP contribution is 2.35. The molecular weight excluding hydrogens is 408 g/mol. The summed E-state index contributed by atoms with van der Waals surface area (Å²) in [5, 5.41) is 6.19. The van der Waals surface area contributed by atoms with E-state index in [0.29, 0.717) is 11.7 Å².